The number of nitrogens with one attached hydrogen (secondary N) is 1. The van der Waals surface area contributed by atoms with Gasteiger partial charge < -0.3 is 15.2 Å². The van der Waals surface area contributed by atoms with E-state index in [4.69, 9.17) is 15.2 Å². The molecule has 0 aliphatic heterocycles. The normalized spacial score (nSPS) is 11.7. The molecule has 128 valence electrons. The van der Waals surface area contributed by atoms with Crippen LogP contribution < -0.4 is 19.9 Å². The van der Waals surface area contributed by atoms with Crippen LogP contribution in [-0.4, -0.2) is 34.7 Å². The van der Waals surface area contributed by atoms with Crippen molar-refractivity contribution in [2.45, 2.75) is 37.1 Å². The molecule has 3 N–H and O–H groups in total. The van der Waals surface area contributed by atoms with Gasteiger partial charge in [0, 0.05) is 30.3 Å². The smallest absolute Gasteiger partial charge is 0.240 e. The summed E-state index contributed by atoms with van der Waals surface area (Å²) in [6, 6.07) is 4.51. The molecule has 0 heterocycles. The summed E-state index contributed by atoms with van der Waals surface area (Å²) in [5.74, 6) is 0.833. The van der Waals surface area contributed by atoms with E-state index in [1.807, 2.05) is 13.8 Å². The van der Waals surface area contributed by atoms with Crippen LogP contribution in [0.5, 0.6) is 11.5 Å². The third-order valence-corrected chi connectivity index (χ3v) is 5.04. The zero-order valence-corrected chi connectivity index (χ0v) is 15.0. The lowest BCUT2D eigenvalue weighted by molar-refractivity contribution is 0.388. The van der Waals surface area contributed by atoms with E-state index < -0.39 is 15.6 Å². The first-order valence-electron chi connectivity index (χ1n) is 6.82. The Morgan fingerprint density at radius 1 is 1.09 bits per heavy atom. The fraction of sp³-hybridized carbons (Fsp3) is 0.571. The van der Waals surface area contributed by atoms with Gasteiger partial charge in [-0.05, 0) is 12.8 Å². The Hall–Kier alpha value is -1.02. The zero-order valence-electron chi connectivity index (χ0n) is 13.4. The molecule has 0 fully saturated rings. The van der Waals surface area contributed by atoms with Crippen LogP contribution in [0.2, 0.25) is 0 Å². The number of ether oxygens (including phenoxy) is 2. The van der Waals surface area contributed by atoms with Gasteiger partial charge in [-0.3, -0.25) is 0 Å². The maximum atomic E-state index is 12.4. The standard InChI is InChI=1S/C14H24N2O4S.ClH/c1-5-14(15,6-2)10-16-21(17,18)13-8-11(19-3)7-12(9-13)20-4;/h7-9,16H,5-6,10,15H2,1-4H3;1H. The third-order valence-electron chi connectivity index (χ3n) is 3.66. The van der Waals surface area contributed by atoms with Crippen LogP contribution in [0.15, 0.2) is 23.1 Å². The predicted octanol–water partition coefficient (Wildman–Crippen LogP) is 1.92. The summed E-state index contributed by atoms with van der Waals surface area (Å²) in [6.45, 7) is 4.06. The van der Waals surface area contributed by atoms with Crippen LogP contribution in [0.3, 0.4) is 0 Å². The fourth-order valence-electron chi connectivity index (χ4n) is 1.76. The van der Waals surface area contributed by atoms with Crippen molar-refractivity contribution in [3.05, 3.63) is 18.2 Å². The monoisotopic (exact) mass is 352 g/mol. The predicted molar refractivity (Wildman–Crippen MR) is 89.5 cm³/mol. The first-order chi connectivity index (χ1) is 9.80. The van der Waals surface area contributed by atoms with Crippen molar-refractivity contribution in [2.75, 3.05) is 20.8 Å². The number of sulfonamides is 1. The Bertz CT molecular complexity index is 552. The second-order valence-corrected chi connectivity index (χ2v) is 6.71. The summed E-state index contributed by atoms with van der Waals surface area (Å²) in [7, 11) is -0.729. The van der Waals surface area contributed by atoms with E-state index in [-0.39, 0.29) is 23.8 Å². The molecular weight excluding hydrogens is 328 g/mol. The minimum Gasteiger partial charge on any atom is -0.497 e. The van der Waals surface area contributed by atoms with E-state index >= 15 is 0 Å². The number of hydrogen-bond acceptors (Lipinski definition) is 5. The van der Waals surface area contributed by atoms with E-state index in [2.05, 4.69) is 4.72 Å². The molecule has 0 aliphatic carbocycles. The largest absolute Gasteiger partial charge is 0.497 e. The van der Waals surface area contributed by atoms with Gasteiger partial charge in [-0.2, -0.15) is 0 Å². The van der Waals surface area contributed by atoms with Gasteiger partial charge in [0.2, 0.25) is 10.0 Å². The number of hydrogen-bond donors (Lipinski definition) is 2. The van der Waals surface area contributed by atoms with Gasteiger partial charge in [-0.1, -0.05) is 13.8 Å². The number of benzene rings is 1. The highest BCUT2D eigenvalue weighted by Gasteiger charge is 2.24. The lowest BCUT2D eigenvalue weighted by Gasteiger charge is -2.26. The van der Waals surface area contributed by atoms with Crippen molar-refractivity contribution in [1.29, 1.82) is 0 Å². The Balaban J connectivity index is 0.00000441. The Kier molecular flexibility index (Phi) is 8.17. The molecule has 0 atom stereocenters. The lowest BCUT2D eigenvalue weighted by Crippen LogP contribution is -2.49. The van der Waals surface area contributed by atoms with E-state index in [9.17, 15) is 8.42 Å². The maximum absolute atomic E-state index is 12.4. The van der Waals surface area contributed by atoms with Crippen molar-refractivity contribution in [1.82, 2.24) is 4.72 Å². The third kappa shape index (κ3) is 5.31. The van der Waals surface area contributed by atoms with Gasteiger partial charge >= 0.3 is 0 Å². The fourth-order valence-corrected chi connectivity index (χ4v) is 2.95. The van der Waals surface area contributed by atoms with Crippen LogP contribution in [-0.2, 0) is 10.0 Å². The Morgan fingerprint density at radius 2 is 1.55 bits per heavy atom. The second kappa shape index (κ2) is 8.57. The molecule has 1 rings (SSSR count). The molecular formula is C14H25ClN2O4S. The minimum atomic E-state index is -3.67. The van der Waals surface area contributed by atoms with Crippen LogP contribution in [0.1, 0.15) is 26.7 Å². The van der Waals surface area contributed by atoms with Gasteiger partial charge in [0.1, 0.15) is 11.5 Å². The first kappa shape index (κ1) is 21.0. The molecule has 0 spiro atoms. The van der Waals surface area contributed by atoms with Crippen LogP contribution in [0, 0.1) is 0 Å². The van der Waals surface area contributed by atoms with E-state index in [0.717, 1.165) is 0 Å². The molecule has 6 nitrogen and oxygen atoms in total. The molecule has 1 aromatic carbocycles. The van der Waals surface area contributed by atoms with E-state index in [1.165, 1.54) is 26.4 Å². The van der Waals surface area contributed by atoms with Crippen molar-refractivity contribution in [3.8, 4) is 11.5 Å². The number of nitrogens with two attached hydrogens (primary N) is 1. The Morgan fingerprint density at radius 3 is 1.91 bits per heavy atom. The van der Waals surface area contributed by atoms with Crippen LogP contribution >= 0.6 is 12.4 Å². The topological polar surface area (TPSA) is 90.7 Å². The van der Waals surface area contributed by atoms with Crippen molar-refractivity contribution >= 4 is 22.4 Å². The molecule has 0 amide bonds. The molecule has 1 aromatic rings. The summed E-state index contributed by atoms with van der Waals surface area (Å²) in [4.78, 5) is 0.0910. The molecule has 0 bridgehead atoms. The summed E-state index contributed by atoms with van der Waals surface area (Å²) in [6.07, 6.45) is 1.38. The molecule has 8 heteroatoms. The molecule has 0 radical (unpaired) electrons. The van der Waals surface area contributed by atoms with Crippen molar-refractivity contribution in [3.63, 3.8) is 0 Å². The highest BCUT2D eigenvalue weighted by Crippen LogP contribution is 2.25. The van der Waals surface area contributed by atoms with E-state index in [0.29, 0.717) is 24.3 Å². The molecule has 0 aliphatic rings. The zero-order chi connectivity index (χ0) is 16.1. The first-order valence-corrected chi connectivity index (χ1v) is 8.30. The van der Waals surface area contributed by atoms with Crippen LogP contribution in [0.25, 0.3) is 0 Å². The lowest BCUT2D eigenvalue weighted by atomic mass is 9.95. The number of rotatable bonds is 8. The van der Waals surface area contributed by atoms with E-state index in [1.54, 1.807) is 6.07 Å². The quantitative estimate of drug-likeness (QED) is 0.746. The SMILES string of the molecule is CCC(N)(CC)CNS(=O)(=O)c1cc(OC)cc(OC)c1.Cl. The van der Waals surface area contributed by atoms with Gasteiger partial charge in [0.25, 0.3) is 0 Å². The highest BCUT2D eigenvalue weighted by molar-refractivity contribution is 7.89. The average molecular weight is 353 g/mol. The highest BCUT2D eigenvalue weighted by atomic mass is 35.5. The number of methoxy groups -OCH3 is 2. The number of halogens is 1. The van der Waals surface area contributed by atoms with Gasteiger partial charge in [0.05, 0.1) is 19.1 Å². The van der Waals surface area contributed by atoms with Crippen LogP contribution in [0.4, 0.5) is 0 Å². The molecule has 0 saturated carbocycles. The van der Waals surface area contributed by atoms with Crippen molar-refractivity contribution < 1.29 is 17.9 Å². The van der Waals surface area contributed by atoms with Gasteiger partial charge in [-0.25, -0.2) is 13.1 Å². The summed E-state index contributed by atoms with van der Waals surface area (Å²) in [5, 5.41) is 0. The van der Waals surface area contributed by atoms with Crippen molar-refractivity contribution in [2.24, 2.45) is 5.73 Å². The Labute approximate surface area is 138 Å². The minimum absolute atomic E-state index is 0. The molecule has 22 heavy (non-hydrogen) atoms. The molecule has 0 aromatic heterocycles. The summed E-state index contributed by atoms with van der Waals surface area (Å²) >= 11 is 0. The second-order valence-electron chi connectivity index (χ2n) is 4.94. The summed E-state index contributed by atoms with van der Waals surface area (Å²) in [5.41, 5.74) is 5.57. The average Bonchev–Trinajstić information content (AvgIpc) is 2.52. The maximum Gasteiger partial charge on any atom is 0.240 e. The molecule has 0 unspecified atom stereocenters. The van der Waals surface area contributed by atoms with Gasteiger partial charge in [0.15, 0.2) is 0 Å². The molecule has 0 saturated heterocycles. The van der Waals surface area contributed by atoms with Gasteiger partial charge in [-0.15, -0.1) is 12.4 Å². The summed E-state index contributed by atoms with van der Waals surface area (Å²) < 4.78 is 37.5.